The minimum atomic E-state index is -0.776. The highest BCUT2D eigenvalue weighted by Crippen LogP contribution is 2.35. The molecule has 0 amide bonds. The predicted octanol–water partition coefficient (Wildman–Crippen LogP) is 5.71. The van der Waals surface area contributed by atoms with Crippen LogP contribution in [0.2, 0.25) is 5.02 Å². The van der Waals surface area contributed by atoms with Crippen molar-refractivity contribution in [3.63, 3.8) is 0 Å². The second-order valence-electron chi connectivity index (χ2n) is 3.73. The molecule has 2 aromatic rings. The first-order valence-electron chi connectivity index (χ1n) is 5.07. The minimum Gasteiger partial charge on any atom is -0.384 e. The Morgan fingerprint density at radius 3 is 2.11 bits per heavy atom. The van der Waals surface area contributed by atoms with Gasteiger partial charge in [0.2, 0.25) is 0 Å². The molecular weight excluding hydrogens is 447 g/mol. The first kappa shape index (κ1) is 14.5. The Morgan fingerprint density at radius 2 is 1.44 bits per heavy atom. The quantitative estimate of drug-likeness (QED) is 0.615. The summed E-state index contributed by atoms with van der Waals surface area (Å²) in [7, 11) is 0. The van der Waals surface area contributed by atoms with E-state index in [0.29, 0.717) is 10.6 Å². The zero-order valence-corrected chi connectivity index (χ0v) is 14.5. The Balaban J connectivity index is 2.50. The summed E-state index contributed by atoms with van der Waals surface area (Å²) in [5.41, 5.74) is 1.44. The molecule has 0 bridgehead atoms. The molecule has 2 rings (SSSR count). The lowest BCUT2D eigenvalue weighted by atomic mass is 10.0. The normalized spacial score (nSPS) is 12.5. The molecule has 18 heavy (non-hydrogen) atoms. The highest BCUT2D eigenvalue weighted by atomic mass is 79.9. The van der Waals surface area contributed by atoms with Crippen molar-refractivity contribution in [1.29, 1.82) is 0 Å². The SMILES string of the molecule is OC(c1cc(Br)ccc1Cl)c1cc(Br)ccc1Br. The van der Waals surface area contributed by atoms with Crippen molar-refractivity contribution in [3.8, 4) is 0 Å². The number of benzene rings is 2. The Hall–Kier alpha value is 0.130. The van der Waals surface area contributed by atoms with Gasteiger partial charge in [-0.25, -0.2) is 0 Å². The molecule has 5 heteroatoms. The van der Waals surface area contributed by atoms with Crippen LogP contribution in [0.4, 0.5) is 0 Å². The highest BCUT2D eigenvalue weighted by molar-refractivity contribution is 9.11. The van der Waals surface area contributed by atoms with E-state index in [1.54, 1.807) is 6.07 Å². The number of aliphatic hydroxyl groups excluding tert-OH is 1. The third-order valence-electron chi connectivity index (χ3n) is 2.51. The molecule has 0 aliphatic carbocycles. The van der Waals surface area contributed by atoms with E-state index in [1.165, 1.54) is 0 Å². The maximum absolute atomic E-state index is 10.4. The van der Waals surface area contributed by atoms with Crippen molar-refractivity contribution in [1.82, 2.24) is 0 Å². The molecule has 1 N–H and O–H groups in total. The van der Waals surface area contributed by atoms with Gasteiger partial charge in [-0.3, -0.25) is 0 Å². The number of rotatable bonds is 2. The number of halogens is 4. The van der Waals surface area contributed by atoms with Crippen LogP contribution >= 0.6 is 59.4 Å². The van der Waals surface area contributed by atoms with E-state index in [-0.39, 0.29) is 0 Å². The van der Waals surface area contributed by atoms with E-state index in [9.17, 15) is 5.11 Å². The van der Waals surface area contributed by atoms with Gasteiger partial charge in [0, 0.05) is 29.6 Å². The van der Waals surface area contributed by atoms with Gasteiger partial charge in [-0.2, -0.15) is 0 Å². The van der Waals surface area contributed by atoms with Crippen LogP contribution in [-0.4, -0.2) is 5.11 Å². The Morgan fingerprint density at radius 1 is 0.889 bits per heavy atom. The summed E-state index contributed by atoms with van der Waals surface area (Å²) in [6.07, 6.45) is -0.776. The van der Waals surface area contributed by atoms with Crippen LogP contribution in [0, 0.1) is 0 Å². The zero-order valence-electron chi connectivity index (χ0n) is 9.00. The number of hydrogen-bond donors (Lipinski definition) is 1. The molecule has 1 nitrogen and oxygen atoms in total. The van der Waals surface area contributed by atoms with Crippen molar-refractivity contribution >= 4 is 59.4 Å². The van der Waals surface area contributed by atoms with Gasteiger partial charge >= 0.3 is 0 Å². The Bertz CT molecular complexity index is 535. The molecule has 0 aliphatic rings. The van der Waals surface area contributed by atoms with Crippen LogP contribution in [0.15, 0.2) is 49.8 Å². The zero-order chi connectivity index (χ0) is 13.3. The summed E-state index contributed by atoms with van der Waals surface area (Å²) >= 11 is 16.3. The topological polar surface area (TPSA) is 20.2 Å². The molecule has 1 atom stereocenters. The molecule has 0 aliphatic heterocycles. The van der Waals surface area contributed by atoms with E-state index >= 15 is 0 Å². The van der Waals surface area contributed by atoms with Gasteiger partial charge in [0.1, 0.15) is 6.10 Å². The van der Waals surface area contributed by atoms with Gasteiger partial charge in [0.05, 0.1) is 0 Å². The van der Waals surface area contributed by atoms with Crippen molar-refractivity contribution < 1.29 is 5.11 Å². The fraction of sp³-hybridized carbons (Fsp3) is 0.0769. The highest BCUT2D eigenvalue weighted by Gasteiger charge is 2.17. The maximum Gasteiger partial charge on any atom is 0.107 e. The van der Waals surface area contributed by atoms with Crippen LogP contribution in [0.3, 0.4) is 0 Å². The average molecular weight is 455 g/mol. The van der Waals surface area contributed by atoms with Gasteiger partial charge in [-0.1, -0.05) is 59.4 Å². The van der Waals surface area contributed by atoms with Crippen LogP contribution in [0.5, 0.6) is 0 Å². The van der Waals surface area contributed by atoms with Gasteiger partial charge < -0.3 is 5.11 Å². The van der Waals surface area contributed by atoms with Gasteiger partial charge in [-0.15, -0.1) is 0 Å². The average Bonchev–Trinajstić information content (AvgIpc) is 2.34. The van der Waals surface area contributed by atoms with E-state index < -0.39 is 6.10 Å². The first-order valence-corrected chi connectivity index (χ1v) is 7.82. The fourth-order valence-electron chi connectivity index (χ4n) is 1.62. The van der Waals surface area contributed by atoms with E-state index in [1.807, 2.05) is 30.3 Å². The second-order valence-corrected chi connectivity index (χ2v) is 6.83. The van der Waals surface area contributed by atoms with Gasteiger partial charge in [-0.05, 0) is 36.4 Å². The molecule has 94 valence electrons. The van der Waals surface area contributed by atoms with E-state index in [2.05, 4.69) is 47.8 Å². The molecule has 0 spiro atoms. The molecular formula is C13H8Br3ClO. The lowest BCUT2D eigenvalue weighted by Crippen LogP contribution is -2.01. The van der Waals surface area contributed by atoms with Crippen LogP contribution in [-0.2, 0) is 0 Å². The molecule has 0 heterocycles. The van der Waals surface area contributed by atoms with Crippen molar-refractivity contribution in [2.45, 2.75) is 6.10 Å². The largest absolute Gasteiger partial charge is 0.384 e. The molecule has 1 unspecified atom stereocenters. The predicted molar refractivity (Wildman–Crippen MR) is 85.1 cm³/mol. The Kier molecular flexibility index (Phi) is 4.89. The summed E-state index contributed by atoms with van der Waals surface area (Å²) in [6, 6.07) is 11.1. The first-order chi connectivity index (χ1) is 8.49. The molecule has 0 radical (unpaired) electrons. The second kappa shape index (κ2) is 6.06. The smallest absolute Gasteiger partial charge is 0.107 e. The van der Waals surface area contributed by atoms with Crippen LogP contribution in [0.25, 0.3) is 0 Å². The summed E-state index contributed by atoms with van der Waals surface area (Å²) in [6.45, 7) is 0. The third kappa shape index (κ3) is 3.17. The van der Waals surface area contributed by atoms with Crippen LogP contribution < -0.4 is 0 Å². The van der Waals surface area contributed by atoms with E-state index in [4.69, 9.17) is 11.6 Å². The molecule has 0 saturated carbocycles. The van der Waals surface area contributed by atoms with Gasteiger partial charge in [0.25, 0.3) is 0 Å². The van der Waals surface area contributed by atoms with Crippen LogP contribution in [0.1, 0.15) is 17.2 Å². The van der Waals surface area contributed by atoms with Crippen molar-refractivity contribution in [2.24, 2.45) is 0 Å². The van der Waals surface area contributed by atoms with Crippen molar-refractivity contribution in [3.05, 3.63) is 66.0 Å². The number of aliphatic hydroxyl groups is 1. The Labute approximate surface area is 136 Å². The third-order valence-corrected chi connectivity index (χ3v) is 4.56. The maximum atomic E-state index is 10.4. The molecule has 0 aromatic heterocycles. The summed E-state index contributed by atoms with van der Waals surface area (Å²) < 4.78 is 2.63. The molecule has 0 saturated heterocycles. The number of hydrogen-bond acceptors (Lipinski definition) is 1. The van der Waals surface area contributed by atoms with E-state index in [0.717, 1.165) is 19.0 Å². The summed E-state index contributed by atoms with van der Waals surface area (Å²) in [4.78, 5) is 0. The standard InChI is InChI=1S/C13H8Br3ClO/c14-7-1-3-11(16)9(5-7)13(18)10-6-8(15)2-4-12(10)17/h1-6,13,18H. The molecule has 0 fully saturated rings. The minimum absolute atomic E-state index is 0.539. The summed E-state index contributed by atoms with van der Waals surface area (Å²) in [5.74, 6) is 0. The fourth-order valence-corrected chi connectivity index (χ4v) is 3.06. The monoisotopic (exact) mass is 452 g/mol. The van der Waals surface area contributed by atoms with Gasteiger partial charge in [0.15, 0.2) is 0 Å². The lowest BCUT2D eigenvalue weighted by molar-refractivity contribution is 0.219. The summed E-state index contributed by atoms with van der Waals surface area (Å²) in [5, 5.41) is 11.0. The molecule has 2 aromatic carbocycles. The lowest BCUT2D eigenvalue weighted by Gasteiger charge is -2.15. The van der Waals surface area contributed by atoms with Crippen molar-refractivity contribution in [2.75, 3.05) is 0 Å².